The lowest BCUT2D eigenvalue weighted by Crippen LogP contribution is -2.47. The third-order valence-electron chi connectivity index (χ3n) is 7.03. The first-order valence-corrected chi connectivity index (χ1v) is 10.7. The van der Waals surface area contributed by atoms with E-state index in [-0.39, 0.29) is 5.91 Å². The molecule has 0 bridgehead atoms. The van der Waals surface area contributed by atoms with Gasteiger partial charge in [0.05, 0.1) is 5.56 Å². The number of H-pyrrole nitrogens is 1. The average molecular weight is 380 g/mol. The predicted molar refractivity (Wildman–Crippen MR) is 108 cm³/mol. The number of piperidine rings is 1. The van der Waals surface area contributed by atoms with Crippen molar-refractivity contribution in [3.05, 3.63) is 36.2 Å². The van der Waals surface area contributed by atoms with Gasteiger partial charge in [0.1, 0.15) is 6.33 Å². The number of rotatable bonds is 4. The van der Waals surface area contributed by atoms with Crippen LogP contribution >= 0.6 is 0 Å². The minimum Gasteiger partial charge on any atom is -0.338 e. The minimum atomic E-state index is 0.125. The number of carbonyl (C=O) groups excluding carboxylic acids is 1. The Morgan fingerprint density at radius 2 is 2.04 bits per heavy atom. The van der Waals surface area contributed by atoms with Gasteiger partial charge in [-0.25, -0.2) is 4.98 Å². The van der Waals surface area contributed by atoms with Gasteiger partial charge in [-0.1, -0.05) is 24.6 Å². The number of carbonyl (C=O) groups is 1. The molecule has 1 aromatic carbocycles. The van der Waals surface area contributed by atoms with E-state index in [9.17, 15) is 4.79 Å². The van der Waals surface area contributed by atoms with E-state index in [1.165, 1.54) is 51.5 Å². The number of aromatic nitrogens is 3. The quantitative estimate of drug-likeness (QED) is 0.886. The van der Waals surface area contributed by atoms with Crippen molar-refractivity contribution in [3.63, 3.8) is 0 Å². The number of hydrogen-bond acceptors (Lipinski definition) is 4. The van der Waals surface area contributed by atoms with Gasteiger partial charge in [0.15, 0.2) is 5.82 Å². The van der Waals surface area contributed by atoms with E-state index < -0.39 is 0 Å². The molecular formula is C22H29N5O. The molecule has 1 saturated carbocycles. The summed E-state index contributed by atoms with van der Waals surface area (Å²) in [4.78, 5) is 22.4. The molecule has 28 heavy (non-hydrogen) atoms. The zero-order valence-electron chi connectivity index (χ0n) is 16.4. The van der Waals surface area contributed by atoms with Crippen LogP contribution in [0.15, 0.2) is 30.6 Å². The van der Waals surface area contributed by atoms with Crippen molar-refractivity contribution in [1.29, 1.82) is 0 Å². The fourth-order valence-corrected chi connectivity index (χ4v) is 5.33. The Morgan fingerprint density at radius 1 is 1.14 bits per heavy atom. The molecule has 3 heterocycles. The molecule has 1 aliphatic carbocycles. The van der Waals surface area contributed by atoms with Gasteiger partial charge >= 0.3 is 0 Å². The van der Waals surface area contributed by atoms with Crippen LogP contribution in [0, 0.1) is 11.3 Å². The summed E-state index contributed by atoms with van der Waals surface area (Å²) in [5.74, 6) is 1.70. The number of hydrogen-bond donors (Lipinski definition) is 1. The van der Waals surface area contributed by atoms with Crippen LogP contribution in [-0.4, -0.2) is 63.6 Å². The number of nitrogens with zero attached hydrogens (tertiary/aromatic N) is 4. The summed E-state index contributed by atoms with van der Waals surface area (Å²) >= 11 is 0. The Morgan fingerprint density at radius 3 is 2.82 bits per heavy atom. The third kappa shape index (κ3) is 3.34. The molecule has 6 heteroatoms. The van der Waals surface area contributed by atoms with E-state index in [0.29, 0.717) is 11.2 Å². The summed E-state index contributed by atoms with van der Waals surface area (Å²) in [6.45, 7) is 5.42. The minimum absolute atomic E-state index is 0.125. The third-order valence-corrected chi connectivity index (χ3v) is 7.03. The van der Waals surface area contributed by atoms with E-state index in [2.05, 4.69) is 25.0 Å². The Labute approximate surface area is 166 Å². The van der Waals surface area contributed by atoms with Crippen molar-refractivity contribution in [2.75, 3.05) is 32.7 Å². The molecule has 1 atom stereocenters. The van der Waals surface area contributed by atoms with E-state index >= 15 is 0 Å². The molecule has 6 nitrogen and oxygen atoms in total. The van der Waals surface area contributed by atoms with Gasteiger partial charge in [0.2, 0.25) is 0 Å². The Bertz CT molecular complexity index is 831. The fourth-order valence-electron chi connectivity index (χ4n) is 5.33. The second kappa shape index (κ2) is 7.32. The lowest BCUT2D eigenvalue weighted by molar-refractivity contribution is 0.0595. The summed E-state index contributed by atoms with van der Waals surface area (Å²) < 4.78 is 0. The first-order chi connectivity index (χ1) is 13.7. The van der Waals surface area contributed by atoms with Gasteiger partial charge in [0.25, 0.3) is 5.91 Å². The maximum Gasteiger partial charge on any atom is 0.254 e. The highest BCUT2D eigenvalue weighted by Gasteiger charge is 2.43. The van der Waals surface area contributed by atoms with Crippen LogP contribution in [0.3, 0.4) is 0 Å². The molecule has 2 aromatic rings. The zero-order valence-corrected chi connectivity index (χ0v) is 16.4. The number of benzene rings is 1. The lowest BCUT2D eigenvalue weighted by Gasteiger charge is -2.43. The summed E-state index contributed by atoms with van der Waals surface area (Å²) in [6.07, 6.45) is 9.37. The van der Waals surface area contributed by atoms with E-state index in [1.54, 1.807) is 0 Å². The van der Waals surface area contributed by atoms with Crippen LogP contribution in [0.4, 0.5) is 0 Å². The van der Waals surface area contributed by atoms with Crippen molar-refractivity contribution in [2.24, 2.45) is 11.3 Å². The normalized spacial score (nSPS) is 25.9. The smallest absolute Gasteiger partial charge is 0.254 e. The number of amides is 1. The standard InChI is InChI=1S/C22H29N5O/c28-21(19-8-2-1-7-18(19)20-23-16-24-25-20)27-12-10-22(15-27)9-4-11-26(14-22)13-17-5-3-6-17/h1-2,7-8,16-17H,3-6,9-15H2,(H,23,24,25). The number of aromatic amines is 1. The van der Waals surface area contributed by atoms with Gasteiger partial charge in [-0.3, -0.25) is 9.89 Å². The molecule has 5 rings (SSSR count). The second-order valence-corrected chi connectivity index (χ2v) is 8.99. The van der Waals surface area contributed by atoms with E-state index in [1.807, 2.05) is 24.3 Å². The van der Waals surface area contributed by atoms with Crippen LogP contribution in [-0.2, 0) is 0 Å². The van der Waals surface area contributed by atoms with Crippen molar-refractivity contribution in [1.82, 2.24) is 25.0 Å². The molecule has 3 aliphatic rings. The van der Waals surface area contributed by atoms with Gasteiger partial charge in [0, 0.05) is 37.2 Å². The average Bonchev–Trinajstić information content (AvgIpc) is 3.35. The molecule has 1 spiro atoms. The molecule has 148 valence electrons. The molecule has 0 radical (unpaired) electrons. The number of nitrogens with one attached hydrogen (secondary N) is 1. The second-order valence-electron chi connectivity index (χ2n) is 8.99. The van der Waals surface area contributed by atoms with Gasteiger partial charge in [-0.05, 0) is 50.6 Å². The Hall–Kier alpha value is -2.21. The first-order valence-electron chi connectivity index (χ1n) is 10.7. The van der Waals surface area contributed by atoms with Gasteiger partial charge < -0.3 is 9.80 Å². The summed E-state index contributed by atoms with van der Waals surface area (Å²) in [6, 6.07) is 7.73. The van der Waals surface area contributed by atoms with Crippen molar-refractivity contribution < 1.29 is 4.79 Å². The molecule has 2 aliphatic heterocycles. The van der Waals surface area contributed by atoms with Crippen LogP contribution < -0.4 is 0 Å². The Kier molecular flexibility index (Phi) is 4.67. The zero-order chi connectivity index (χ0) is 19.0. The monoisotopic (exact) mass is 379 g/mol. The molecule has 1 amide bonds. The Balaban J connectivity index is 1.30. The highest BCUT2D eigenvalue weighted by molar-refractivity contribution is 6.00. The maximum absolute atomic E-state index is 13.4. The summed E-state index contributed by atoms with van der Waals surface area (Å²) in [7, 11) is 0. The van der Waals surface area contributed by atoms with Crippen molar-refractivity contribution in [2.45, 2.75) is 38.5 Å². The van der Waals surface area contributed by atoms with Crippen LogP contribution in [0.5, 0.6) is 0 Å². The maximum atomic E-state index is 13.4. The van der Waals surface area contributed by atoms with Crippen LogP contribution in [0.2, 0.25) is 0 Å². The summed E-state index contributed by atoms with van der Waals surface area (Å²) in [5.41, 5.74) is 1.85. The number of likely N-dealkylation sites (tertiary alicyclic amines) is 2. The molecule has 2 saturated heterocycles. The molecule has 1 N–H and O–H groups in total. The fraction of sp³-hybridized carbons (Fsp3) is 0.591. The van der Waals surface area contributed by atoms with Gasteiger partial charge in [-0.15, -0.1) is 0 Å². The topological polar surface area (TPSA) is 65.1 Å². The SMILES string of the molecule is O=C(c1ccccc1-c1ncn[nH]1)N1CCC2(CCCN(CC3CCC3)C2)C1. The van der Waals surface area contributed by atoms with E-state index in [0.717, 1.165) is 43.1 Å². The molecular weight excluding hydrogens is 350 g/mol. The van der Waals surface area contributed by atoms with Crippen molar-refractivity contribution >= 4 is 5.91 Å². The largest absolute Gasteiger partial charge is 0.338 e. The predicted octanol–water partition coefficient (Wildman–Crippen LogP) is 3.20. The lowest BCUT2D eigenvalue weighted by atomic mass is 9.78. The van der Waals surface area contributed by atoms with Crippen molar-refractivity contribution in [3.8, 4) is 11.4 Å². The van der Waals surface area contributed by atoms with Crippen LogP contribution in [0.1, 0.15) is 48.9 Å². The molecule has 3 fully saturated rings. The first kappa shape index (κ1) is 17.9. The highest BCUT2D eigenvalue weighted by atomic mass is 16.2. The van der Waals surface area contributed by atoms with Crippen LogP contribution in [0.25, 0.3) is 11.4 Å². The van der Waals surface area contributed by atoms with E-state index in [4.69, 9.17) is 0 Å². The molecule has 1 aromatic heterocycles. The summed E-state index contributed by atoms with van der Waals surface area (Å²) in [5, 5.41) is 6.83. The highest BCUT2D eigenvalue weighted by Crippen LogP contribution is 2.41. The molecule has 1 unspecified atom stereocenters. The van der Waals surface area contributed by atoms with Gasteiger partial charge in [-0.2, -0.15) is 5.10 Å².